The first kappa shape index (κ1) is 12.0. The monoisotopic (exact) mass is 214 g/mol. The van der Waals surface area contributed by atoms with Crippen molar-refractivity contribution in [1.29, 1.82) is 0 Å². The van der Waals surface area contributed by atoms with Gasteiger partial charge in [0.1, 0.15) is 12.0 Å². The van der Waals surface area contributed by atoms with Crippen LogP contribution in [0, 0.1) is 5.82 Å². The molecule has 0 aliphatic rings. The standard InChI is InChI=1S/C11H16F2N2/c1-11(2,3)15-7-10(13)8-4-5-14-6-9(8)12/h4-6,10,15H,7H2,1-3H3. The van der Waals surface area contributed by atoms with Gasteiger partial charge in [-0.05, 0) is 26.8 Å². The Balaban J connectivity index is 2.62. The first-order chi connectivity index (χ1) is 6.90. The predicted molar refractivity (Wildman–Crippen MR) is 55.8 cm³/mol. The van der Waals surface area contributed by atoms with E-state index in [-0.39, 0.29) is 17.6 Å². The van der Waals surface area contributed by atoms with Gasteiger partial charge in [0.2, 0.25) is 0 Å². The van der Waals surface area contributed by atoms with Gasteiger partial charge in [0.25, 0.3) is 0 Å². The van der Waals surface area contributed by atoms with Gasteiger partial charge in [0, 0.05) is 23.8 Å². The van der Waals surface area contributed by atoms with Crippen molar-refractivity contribution in [3.63, 3.8) is 0 Å². The summed E-state index contributed by atoms with van der Waals surface area (Å²) in [5.41, 5.74) is -0.116. The Hall–Kier alpha value is -1.03. The molecule has 1 atom stereocenters. The normalized spacial score (nSPS) is 13.9. The molecule has 1 aromatic rings. The number of halogens is 2. The fourth-order valence-corrected chi connectivity index (χ4v) is 1.15. The maximum atomic E-state index is 13.6. The van der Waals surface area contributed by atoms with Crippen LogP contribution in [0.2, 0.25) is 0 Å². The number of alkyl halides is 1. The maximum absolute atomic E-state index is 13.6. The highest BCUT2D eigenvalue weighted by atomic mass is 19.1. The van der Waals surface area contributed by atoms with Crippen molar-refractivity contribution in [2.24, 2.45) is 0 Å². The van der Waals surface area contributed by atoms with Crippen LogP contribution in [0.4, 0.5) is 8.78 Å². The third kappa shape index (κ3) is 3.91. The van der Waals surface area contributed by atoms with Gasteiger partial charge in [-0.15, -0.1) is 0 Å². The average Bonchev–Trinajstić information content (AvgIpc) is 2.14. The highest BCUT2D eigenvalue weighted by molar-refractivity contribution is 5.16. The molecule has 0 saturated heterocycles. The molecule has 0 amide bonds. The van der Waals surface area contributed by atoms with E-state index in [9.17, 15) is 8.78 Å². The van der Waals surface area contributed by atoms with Crippen LogP contribution in [0.15, 0.2) is 18.5 Å². The second-order valence-electron chi connectivity index (χ2n) is 4.50. The van der Waals surface area contributed by atoms with Crippen molar-refractivity contribution in [2.75, 3.05) is 6.54 Å². The van der Waals surface area contributed by atoms with Gasteiger partial charge in [-0.3, -0.25) is 4.98 Å². The molecule has 15 heavy (non-hydrogen) atoms. The van der Waals surface area contributed by atoms with Gasteiger partial charge in [0.15, 0.2) is 0 Å². The molecule has 1 unspecified atom stereocenters. The summed E-state index contributed by atoms with van der Waals surface area (Å²) in [5.74, 6) is -0.597. The Bertz CT molecular complexity index is 321. The Labute approximate surface area is 88.7 Å². The topological polar surface area (TPSA) is 24.9 Å². The highest BCUT2D eigenvalue weighted by Crippen LogP contribution is 2.19. The van der Waals surface area contributed by atoms with E-state index >= 15 is 0 Å². The van der Waals surface area contributed by atoms with Crippen molar-refractivity contribution in [3.8, 4) is 0 Å². The second kappa shape index (κ2) is 4.66. The molecule has 2 nitrogen and oxygen atoms in total. The van der Waals surface area contributed by atoms with Crippen molar-refractivity contribution >= 4 is 0 Å². The molecule has 1 N–H and O–H groups in total. The minimum absolute atomic E-state index is 0.0572. The van der Waals surface area contributed by atoms with E-state index in [1.807, 2.05) is 20.8 Å². The van der Waals surface area contributed by atoms with E-state index in [2.05, 4.69) is 10.3 Å². The van der Waals surface area contributed by atoms with Crippen LogP contribution in [-0.4, -0.2) is 17.1 Å². The van der Waals surface area contributed by atoms with E-state index in [4.69, 9.17) is 0 Å². The summed E-state index contributed by atoms with van der Waals surface area (Å²) in [7, 11) is 0. The molecule has 84 valence electrons. The van der Waals surface area contributed by atoms with Gasteiger partial charge in [-0.25, -0.2) is 8.78 Å². The van der Waals surface area contributed by atoms with Crippen molar-refractivity contribution < 1.29 is 8.78 Å². The summed E-state index contributed by atoms with van der Waals surface area (Å²) >= 11 is 0. The number of rotatable bonds is 3. The van der Waals surface area contributed by atoms with Crippen LogP contribution >= 0.6 is 0 Å². The first-order valence-electron chi connectivity index (χ1n) is 4.88. The molecule has 0 fully saturated rings. The summed E-state index contributed by atoms with van der Waals surface area (Å²) in [4.78, 5) is 3.57. The van der Waals surface area contributed by atoms with E-state index < -0.39 is 12.0 Å². The van der Waals surface area contributed by atoms with E-state index in [0.29, 0.717) is 0 Å². The zero-order valence-electron chi connectivity index (χ0n) is 9.22. The summed E-state index contributed by atoms with van der Waals surface area (Å²) in [6.07, 6.45) is 1.08. The van der Waals surface area contributed by atoms with E-state index in [1.54, 1.807) is 0 Å². The molecule has 0 saturated carbocycles. The number of hydrogen-bond donors (Lipinski definition) is 1. The number of hydrogen-bond acceptors (Lipinski definition) is 2. The van der Waals surface area contributed by atoms with Crippen LogP contribution in [0.3, 0.4) is 0 Å². The van der Waals surface area contributed by atoms with Crippen LogP contribution in [0.5, 0.6) is 0 Å². The minimum Gasteiger partial charge on any atom is -0.309 e. The van der Waals surface area contributed by atoms with Crippen molar-refractivity contribution in [3.05, 3.63) is 29.8 Å². The predicted octanol–water partition coefficient (Wildman–Crippen LogP) is 2.62. The Kier molecular flexibility index (Phi) is 3.74. The Morgan fingerprint density at radius 1 is 1.47 bits per heavy atom. The quantitative estimate of drug-likeness (QED) is 0.836. The molecule has 0 aliphatic carbocycles. The Morgan fingerprint density at radius 3 is 2.67 bits per heavy atom. The van der Waals surface area contributed by atoms with Crippen molar-refractivity contribution in [2.45, 2.75) is 32.5 Å². The van der Waals surface area contributed by atoms with Crippen LogP contribution < -0.4 is 5.32 Å². The molecular formula is C11H16F2N2. The van der Waals surface area contributed by atoms with Crippen LogP contribution in [0.25, 0.3) is 0 Å². The van der Waals surface area contributed by atoms with Crippen LogP contribution in [-0.2, 0) is 0 Å². The zero-order chi connectivity index (χ0) is 11.5. The van der Waals surface area contributed by atoms with E-state index in [0.717, 1.165) is 6.20 Å². The van der Waals surface area contributed by atoms with Crippen LogP contribution in [0.1, 0.15) is 32.5 Å². The average molecular weight is 214 g/mol. The number of nitrogens with one attached hydrogen (secondary N) is 1. The smallest absolute Gasteiger partial charge is 0.147 e. The lowest BCUT2D eigenvalue weighted by Crippen LogP contribution is -2.38. The molecular weight excluding hydrogens is 198 g/mol. The Morgan fingerprint density at radius 2 is 2.13 bits per heavy atom. The summed E-state index contributed by atoms with van der Waals surface area (Å²) in [6.45, 7) is 5.90. The molecule has 1 rings (SSSR count). The second-order valence-corrected chi connectivity index (χ2v) is 4.50. The fraction of sp³-hybridized carbons (Fsp3) is 0.545. The minimum atomic E-state index is -1.34. The number of nitrogens with zero attached hydrogens (tertiary/aromatic N) is 1. The first-order valence-corrected chi connectivity index (χ1v) is 4.88. The summed E-state index contributed by atoms with van der Waals surface area (Å²) < 4.78 is 26.7. The summed E-state index contributed by atoms with van der Waals surface area (Å²) in [5, 5.41) is 2.99. The largest absolute Gasteiger partial charge is 0.309 e. The van der Waals surface area contributed by atoms with Gasteiger partial charge in [0.05, 0.1) is 6.20 Å². The lowest BCUT2D eigenvalue weighted by molar-refractivity contribution is 0.284. The molecule has 4 heteroatoms. The van der Waals surface area contributed by atoms with Gasteiger partial charge in [-0.2, -0.15) is 0 Å². The fourth-order valence-electron chi connectivity index (χ4n) is 1.15. The third-order valence-electron chi connectivity index (χ3n) is 1.95. The molecule has 0 aliphatic heterocycles. The van der Waals surface area contributed by atoms with Gasteiger partial charge < -0.3 is 5.32 Å². The van der Waals surface area contributed by atoms with Crippen molar-refractivity contribution in [1.82, 2.24) is 10.3 Å². The highest BCUT2D eigenvalue weighted by Gasteiger charge is 2.17. The number of pyridine rings is 1. The molecule has 0 spiro atoms. The summed E-state index contributed by atoms with van der Waals surface area (Å²) in [6, 6.07) is 1.37. The molecule has 0 radical (unpaired) electrons. The molecule has 1 heterocycles. The SMILES string of the molecule is CC(C)(C)NCC(F)c1ccncc1F. The number of aromatic nitrogens is 1. The van der Waals surface area contributed by atoms with Gasteiger partial charge >= 0.3 is 0 Å². The lowest BCUT2D eigenvalue weighted by Gasteiger charge is -2.22. The zero-order valence-corrected chi connectivity index (χ0v) is 9.22. The molecule has 1 aromatic heterocycles. The maximum Gasteiger partial charge on any atom is 0.147 e. The third-order valence-corrected chi connectivity index (χ3v) is 1.95. The molecule has 0 bridgehead atoms. The lowest BCUT2D eigenvalue weighted by atomic mass is 10.1. The van der Waals surface area contributed by atoms with Gasteiger partial charge in [-0.1, -0.05) is 0 Å². The van der Waals surface area contributed by atoms with E-state index in [1.165, 1.54) is 12.3 Å². The molecule has 0 aromatic carbocycles.